The predicted molar refractivity (Wildman–Crippen MR) is 124 cm³/mol. The third-order valence-corrected chi connectivity index (χ3v) is 8.98. The monoisotopic (exact) mass is 458 g/mol. The van der Waals surface area contributed by atoms with Crippen LogP contribution < -0.4 is 10.9 Å². The highest BCUT2D eigenvalue weighted by Gasteiger charge is 2.57. The van der Waals surface area contributed by atoms with Crippen molar-refractivity contribution in [3.8, 4) is 0 Å². The molecule has 2 fully saturated rings. The Hall–Kier alpha value is -2.15. The van der Waals surface area contributed by atoms with E-state index in [2.05, 4.69) is 31.6 Å². The number of amides is 2. The van der Waals surface area contributed by atoms with E-state index in [0.717, 1.165) is 48.8 Å². The standard InChI is InChI=1S/C25H34N2O4S/c1-12(2)19-15-8-9-16(19)21(24(30)31)20(15)23(29)27-26-22(28)17-11-32-18-10-13(25(3,4)5)6-7-14(17)18/h11,13,15-16,20-21H,6-10H2,1-5H3,(H,26,28)(H,27,29)(H,30,31)/t13-,15+,16+,20-,21-/m1/s1. The normalized spacial score (nSPS) is 28.9. The summed E-state index contributed by atoms with van der Waals surface area (Å²) in [7, 11) is 0. The van der Waals surface area contributed by atoms with Crippen molar-refractivity contribution in [3.05, 3.63) is 32.5 Å². The number of hydrazine groups is 1. The maximum atomic E-state index is 13.0. The number of nitrogens with one attached hydrogen (secondary N) is 2. The molecule has 3 N–H and O–H groups in total. The first kappa shape index (κ1) is 23.0. The summed E-state index contributed by atoms with van der Waals surface area (Å²) in [4.78, 5) is 39.1. The van der Waals surface area contributed by atoms with E-state index in [4.69, 9.17) is 0 Å². The second-order valence-electron chi connectivity index (χ2n) is 10.9. The van der Waals surface area contributed by atoms with Crippen LogP contribution in [0.3, 0.4) is 0 Å². The largest absolute Gasteiger partial charge is 0.481 e. The minimum atomic E-state index is -0.928. The highest BCUT2D eigenvalue weighted by molar-refractivity contribution is 7.10. The maximum Gasteiger partial charge on any atom is 0.307 e. The molecule has 5 atom stereocenters. The summed E-state index contributed by atoms with van der Waals surface area (Å²) in [5.41, 5.74) is 9.34. The third kappa shape index (κ3) is 3.89. The molecule has 0 aromatic carbocycles. The number of thiophene rings is 1. The number of carbonyl (C=O) groups is 3. The molecule has 6 nitrogen and oxygen atoms in total. The molecule has 1 aromatic heterocycles. The van der Waals surface area contributed by atoms with Crippen LogP contribution in [0.5, 0.6) is 0 Å². The number of fused-ring (bicyclic) bond motifs is 3. The number of carboxylic acid groups (broad SMARTS) is 1. The van der Waals surface area contributed by atoms with E-state index in [1.165, 1.54) is 4.88 Å². The van der Waals surface area contributed by atoms with Crippen molar-refractivity contribution in [2.24, 2.45) is 35.0 Å². The van der Waals surface area contributed by atoms with Gasteiger partial charge in [-0.15, -0.1) is 11.3 Å². The average Bonchev–Trinajstić information content (AvgIpc) is 3.41. The van der Waals surface area contributed by atoms with Gasteiger partial charge < -0.3 is 5.11 Å². The Morgan fingerprint density at radius 2 is 1.69 bits per heavy atom. The van der Waals surface area contributed by atoms with Crippen molar-refractivity contribution >= 4 is 29.1 Å². The molecule has 0 radical (unpaired) electrons. The zero-order valence-corrected chi connectivity index (χ0v) is 20.4. The molecule has 3 aliphatic rings. The number of allylic oxidation sites excluding steroid dienone is 2. The van der Waals surface area contributed by atoms with Crippen LogP contribution in [0.15, 0.2) is 16.5 Å². The number of aliphatic carboxylic acids is 1. The van der Waals surface area contributed by atoms with E-state index in [0.29, 0.717) is 11.5 Å². The van der Waals surface area contributed by atoms with Gasteiger partial charge in [-0.2, -0.15) is 0 Å². The van der Waals surface area contributed by atoms with Crippen LogP contribution in [0, 0.1) is 35.0 Å². The van der Waals surface area contributed by atoms with E-state index in [1.54, 1.807) is 11.3 Å². The van der Waals surface area contributed by atoms with Gasteiger partial charge in [0, 0.05) is 10.3 Å². The van der Waals surface area contributed by atoms with E-state index in [1.807, 2.05) is 19.2 Å². The summed E-state index contributed by atoms with van der Waals surface area (Å²) < 4.78 is 0. The number of carboxylic acids is 1. The van der Waals surface area contributed by atoms with Gasteiger partial charge in [-0.05, 0) is 74.7 Å². The molecule has 32 heavy (non-hydrogen) atoms. The fourth-order valence-electron chi connectivity index (χ4n) is 6.32. The Labute approximate surface area is 193 Å². The molecule has 1 heterocycles. The van der Waals surface area contributed by atoms with E-state index < -0.39 is 23.7 Å². The lowest BCUT2D eigenvalue weighted by Gasteiger charge is -2.34. The lowest BCUT2D eigenvalue weighted by Crippen LogP contribution is -2.48. The van der Waals surface area contributed by atoms with E-state index in [-0.39, 0.29) is 23.2 Å². The topological polar surface area (TPSA) is 95.5 Å². The summed E-state index contributed by atoms with van der Waals surface area (Å²) in [5, 5.41) is 11.7. The minimum absolute atomic E-state index is 0.0498. The first-order chi connectivity index (χ1) is 15.0. The van der Waals surface area contributed by atoms with Gasteiger partial charge in [0.1, 0.15) is 0 Å². The first-order valence-corrected chi connectivity index (χ1v) is 12.5. The summed E-state index contributed by atoms with van der Waals surface area (Å²) in [5.74, 6) is -2.53. The fourth-order valence-corrected chi connectivity index (χ4v) is 7.48. The molecule has 2 saturated carbocycles. The second-order valence-corrected chi connectivity index (χ2v) is 11.9. The zero-order valence-electron chi connectivity index (χ0n) is 19.6. The maximum absolute atomic E-state index is 13.0. The lowest BCUT2D eigenvalue weighted by molar-refractivity contribution is -0.149. The van der Waals surface area contributed by atoms with Crippen LogP contribution in [-0.2, 0) is 22.4 Å². The van der Waals surface area contributed by atoms with Crippen molar-refractivity contribution in [2.75, 3.05) is 0 Å². The first-order valence-electron chi connectivity index (χ1n) is 11.6. The SMILES string of the molecule is CC(C)=C1[C@@H]2CC[C@@H]1[C@@H](C(=O)NNC(=O)c1csc3c1CC[C@@H](C(C)(C)C)C3)[C@@H]2C(=O)O. The third-order valence-electron chi connectivity index (χ3n) is 7.93. The summed E-state index contributed by atoms with van der Waals surface area (Å²) >= 11 is 1.62. The van der Waals surface area contributed by atoms with E-state index >= 15 is 0 Å². The molecule has 174 valence electrons. The second kappa shape index (κ2) is 8.32. The van der Waals surface area contributed by atoms with Crippen LogP contribution >= 0.6 is 11.3 Å². The van der Waals surface area contributed by atoms with Crippen LogP contribution in [0.4, 0.5) is 0 Å². The molecule has 2 amide bonds. The Balaban J connectivity index is 1.44. The van der Waals surface area contributed by atoms with Crippen molar-refractivity contribution < 1.29 is 19.5 Å². The Morgan fingerprint density at radius 3 is 2.28 bits per heavy atom. The van der Waals surface area contributed by atoms with Crippen molar-refractivity contribution in [1.82, 2.24) is 10.9 Å². The zero-order chi connectivity index (χ0) is 23.4. The van der Waals surface area contributed by atoms with Crippen molar-refractivity contribution in [2.45, 2.75) is 66.7 Å². The number of carbonyl (C=O) groups excluding carboxylic acids is 2. The van der Waals surface area contributed by atoms with E-state index in [9.17, 15) is 19.5 Å². The van der Waals surface area contributed by atoms with Gasteiger partial charge in [-0.25, -0.2) is 0 Å². The fraction of sp³-hybridized carbons (Fsp3) is 0.640. The smallest absolute Gasteiger partial charge is 0.307 e. The van der Waals surface area contributed by atoms with Gasteiger partial charge in [-0.3, -0.25) is 25.2 Å². The minimum Gasteiger partial charge on any atom is -0.481 e. The van der Waals surface area contributed by atoms with Crippen LogP contribution in [0.25, 0.3) is 0 Å². The number of rotatable bonds is 3. The molecule has 0 unspecified atom stereocenters. The van der Waals surface area contributed by atoms with Crippen LogP contribution in [-0.4, -0.2) is 22.9 Å². The lowest BCUT2D eigenvalue weighted by atomic mass is 9.72. The highest BCUT2D eigenvalue weighted by Crippen LogP contribution is 2.57. The van der Waals surface area contributed by atoms with Crippen molar-refractivity contribution in [3.63, 3.8) is 0 Å². The van der Waals surface area contributed by atoms with Gasteiger partial charge in [0.2, 0.25) is 5.91 Å². The molecule has 4 rings (SSSR count). The predicted octanol–water partition coefficient (Wildman–Crippen LogP) is 4.35. The average molecular weight is 459 g/mol. The van der Waals surface area contributed by atoms with Crippen molar-refractivity contribution in [1.29, 1.82) is 0 Å². The molecule has 0 saturated heterocycles. The summed E-state index contributed by atoms with van der Waals surface area (Å²) in [6.07, 6.45) is 4.55. The molecule has 0 aliphatic heterocycles. The summed E-state index contributed by atoms with van der Waals surface area (Å²) in [6.45, 7) is 10.8. The Bertz CT molecular complexity index is 983. The van der Waals surface area contributed by atoms with Gasteiger partial charge in [0.05, 0.1) is 17.4 Å². The Kier molecular flexibility index (Phi) is 5.99. The van der Waals surface area contributed by atoms with Crippen LogP contribution in [0.2, 0.25) is 0 Å². The Morgan fingerprint density at radius 1 is 1.03 bits per heavy atom. The van der Waals surface area contributed by atoms with Gasteiger partial charge in [0.15, 0.2) is 0 Å². The molecule has 3 aliphatic carbocycles. The van der Waals surface area contributed by atoms with Gasteiger partial charge in [-0.1, -0.05) is 31.9 Å². The molecule has 0 spiro atoms. The number of hydrogen-bond donors (Lipinski definition) is 3. The number of hydrogen-bond acceptors (Lipinski definition) is 4. The van der Waals surface area contributed by atoms with Crippen LogP contribution in [0.1, 0.15) is 74.7 Å². The molecule has 1 aromatic rings. The quantitative estimate of drug-likeness (QED) is 0.463. The molecule has 7 heteroatoms. The molecular formula is C25H34N2O4S. The van der Waals surface area contributed by atoms with Gasteiger partial charge >= 0.3 is 5.97 Å². The van der Waals surface area contributed by atoms with Gasteiger partial charge in [0.25, 0.3) is 5.91 Å². The molecular weight excluding hydrogens is 424 g/mol. The highest BCUT2D eigenvalue weighted by atomic mass is 32.1. The summed E-state index contributed by atoms with van der Waals surface area (Å²) in [6, 6.07) is 0. The molecule has 2 bridgehead atoms.